The second kappa shape index (κ2) is 11.5. The van der Waals surface area contributed by atoms with E-state index in [4.69, 9.17) is 19.9 Å². The molecule has 0 rings (SSSR count). The van der Waals surface area contributed by atoms with Crippen LogP contribution in [0.4, 0.5) is 4.79 Å². The second-order valence-corrected chi connectivity index (χ2v) is 7.41. The fourth-order valence-corrected chi connectivity index (χ4v) is 1.96. The number of amides is 1. The molecule has 26 heavy (non-hydrogen) atoms. The van der Waals surface area contributed by atoms with Gasteiger partial charge in [0.15, 0.2) is 0 Å². The van der Waals surface area contributed by atoms with Crippen LogP contribution in [0.15, 0.2) is 12.7 Å². The fraction of sp³-hybridized carbons (Fsp3) is 0.722. The third kappa shape index (κ3) is 12.3. The number of hydrogen-bond donors (Lipinski definition) is 2. The average molecular weight is 372 g/mol. The van der Waals surface area contributed by atoms with Crippen molar-refractivity contribution < 1.29 is 28.6 Å². The number of nitrogens with one attached hydrogen (secondary N) is 1. The van der Waals surface area contributed by atoms with Crippen LogP contribution in [0, 0.1) is 5.92 Å². The van der Waals surface area contributed by atoms with Crippen LogP contribution in [-0.2, 0) is 23.8 Å². The first-order valence-corrected chi connectivity index (χ1v) is 8.62. The molecule has 0 saturated heterocycles. The van der Waals surface area contributed by atoms with Gasteiger partial charge in [0.2, 0.25) is 6.79 Å². The Labute approximate surface area is 155 Å². The predicted octanol–water partition coefficient (Wildman–Crippen LogP) is 2.26. The van der Waals surface area contributed by atoms with Gasteiger partial charge in [-0.25, -0.2) is 9.59 Å². The minimum atomic E-state index is -0.897. The van der Waals surface area contributed by atoms with E-state index in [1.165, 1.54) is 0 Å². The summed E-state index contributed by atoms with van der Waals surface area (Å²) in [4.78, 5) is 35.6. The van der Waals surface area contributed by atoms with Gasteiger partial charge in [-0.2, -0.15) is 0 Å². The van der Waals surface area contributed by atoms with Crippen molar-refractivity contribution in [2.45, 2.75) is 71.6 Å². The molecule has 0 aromatic heterocycles. The van der Waals surface area contributed by atoms with E-state index < -0.39 is 42.5 Å². The number of ether oxygens (including phenoxy) is 3. The minimum absolute atomic E-state index is 0.00481. The van der Waals surface area contributed by atoms with Gasteiger partial charge in [0, 0.05) is 6.04 Å². The summed E-state index contributed by atoms with van der Waals surface area (Å²) < 4.78 is 14.9. The molecule has 3 N–H and O–H groups in total. The van der Waals surface area contributed by atoms with Crippen molar-refractivity contribution in [2.24, 2.45) is 11.7 Å². The molecule has 0 saturated carbocycles. The molecule has 0 heterocycles. The van der Waals surface area contributed by atoms with Gasteiger partial charge in [0.25, 0.3) is 0 Å². The molecule has 2 atom stereocenters. The molecule has 0 spiro atoms. The Morgan fingerprint density at radius 3 is 2.31 bits per heavy atom. The zero-order chi connectivity index (χ0) is 20.3. The van der Waals surface area contributed by atoms with Gasteiger partial charge in [0.1, 0.15) is 11.6 Å². The number of carbonyl (C=O) groups is 3. The predicted molar refractivity (Wildman–Crippen MR) is 97.1 cm³/mol. The van der Waals surface area contributed by atoms with Crippen molar-refractivity contribution in [2.75, 3.05) is 6.79 Å². The Bertz CT molecular complexity index is 485. The largest absolute Gasteiger partial charge is 0.444 e. The van der Waals surface area contributed by atoms with Crippen molar-refractivity contribution in [3.63, 3.8) is 0 Å². The number of hydrogen-bond acceptors (Lipinski definition) is 7. The first-order valence-electron chi connectivity index (χ1n) is 8.62. The highest BCUT2D eigenvalue weighted by atomic mass is 16.7. The molecule has 0 aliphatic rings. The number of carbonyl (C=O) groups excluding carboxylic acids is 3. The lowest BCUT2D eigenvalue weighted by atomic mass is 10.0. The van der Waals surface area contributed by atoms with Gasteiger partial charge in [-0.15, -0.1) is 6.58 Å². The maximum atomic E-state index is 12.2. The Morgan fingerprint density at radius 2 is 1.81 bits per heavy atom. The van der Waals surface area contributed by atoms with E-state index in [0.717, 1.165) is 0 Å². The van der Waals surface area contributed by atoms with Crippen LogP contribution in [-0.4, -0.2) is 42.5 Å². The third-order valence-corrected chi connectivity index (χ3v) is 3.00. The van der Waals surface area contributed by atoms with E-state index in [9.17, 15) is 14.4 Å². The molecule has 0 radical (unpaired) electrons. The summed E-state index contributed by atoms with van der Waals surface area (Å²) in [5, 5.41) is 2.48. The number of alkyl carbamates (subject to hydrolysis) is 1. The third-order valence-electron chi connectivity index (χ3n) is 3.00. The number of rotatable bonds is 10. The first kappa shape index (κ1) is 23.9. The van der Waals surface area contributed by atoms with E-state index in [2.05, 4.69) is 11.9 Å². The van der Waals surface area contributed by atoms with Crippen molar-refractivity contribution in [1.29, 1.82) is 0 Å². The van der Waals surface area contributed by atoms with E-state index in [-0.39, 0.29) is 12.3 Å². The highest BCUT2D eigenvalue weighted by Crippen LogP contribution is 2.10. The van der Waals surface area contributed by atoms with Crippen molar-refractivity contribution in [1.82, 2.24) is 5.32 Å². The van der Waals surface area contributed by atoms with Gasteiger partial charge in [0.05, 0.1) is 6.42 Å². The van der Waals surface area contributed by atoms with Gasteiger partial charge in [-0.1, -0.05) is 19.9 Å². The second-order valence-electron chi connectivity index (χ2n) is 7.41. The molecule has 2 unspecified atom stereocenters. The van der Waals surface area contributed by atoms with Gasteiger partial charge >= 0.3 is 18.0 Å². The summed E-state index contributed by atoms with van der Waals surface area (Å²) in [5.74, 6) is -1.15. The van der Waals surface area contributed by atoms with Crippen molar-refractivity contribution in [3.05, 3.63) is 12.7 Å². The molecular formula is C18H32N2O6. The highest BCUT2D eigenvalue weighted by molar-refractivity contribution is 5.81. The molecule has 0 aromatic rings. The maximum Gasteiger partial charge on any atom is 0.408 e. The molecule has 0 aromatic carbocycles. The summed E-state index contributed by atoms with van der Waals surface area (Å²) >= 11 is 0. The van der Waals surface area contributed by atoms with Crippen molar-refractivity contribution in [3.8, 4) is 0 Å². The molecule has 1 amide bonds. The highest BCUT2D eigenvalue weighted by Gasteiger charge is 2.26. The van der Waals surface area contributed by atoms with Gasteiger partial charge in [-0.3, -0.25) is 4.79 Å². The van der Waals surface area contributed by atoms with Crippen LogP contribution in [0.2, 0.25) is 0 Å². The molecule has 0 fully saturated rings. The molecule has 0 aliphatic heterocycles. The average Bonchev–Trinajstić information content (AvgIpc) is 2.43. The lowest BCUT2D eigenvalue weighted by Crippen LogP contribution is -2.45. The smallest absolute Gasteiger partial charge is 0.408 e. The van der Waals surface area contributed by atoms with Crippen LogP contribution >= 0.6 is 0 Å². The van der Waals surface area contributed by atoms with Gasteiger partial charge in [-0.05, 0) is 39.5 Å². The van der Waals surface area contributed by atoms with Gasteiger partial charge < -0.3 is 25.3 Å². The van der Waals surface area contributed by atoms with Crippen LogP contribution < -0.4 is 11.1 Å². The van der Waals surface area contributed by atoms with E-state index in [1.807, 2.05) is 13.8 Å². The molecular weight excluding hydrogens is 340 g/mol. The minimum Gasteiger partial charge on any atom is -0.444 e. The summed E-state index contributed by atoms with van der Waals surface area (Å²) in [6, 6.07) is -1.29. The molecule has 0 aliphatic carbocycles. The number of nitrogens with two attached hydrogens (primary N) is 1. The summed E-state index contributed by atoms with van der Waals surface area (Å²) in [5.41, 5.74) is 5.00. The van der Waals surface area contributed by atoms with Crippen LogP contribution in [0.1, 0.15) is 53.9 Å². The Hall–Kier alpha value is -2.09. The fourth-order valence-electron chi connectivity index (χ4n) is 1.96. The van der Waals surface area contributed by atoms with Crippen LogP contribution in [0.5, 0.6) is 0 Å². The zero-order valence-electron chi connectivity index (χ0n) is 16.4. The quantitative estimate of drug-likeness (QED) is 0.343. The lowest BCUT2D eigenvalue weighted by Gasteiger charge is -2.23. The standard InChI is InChI=1S/C18H32N2O6/c1-7-8-13(19)10-15(21)24-11-25-16(22)14(9-12(2)3)20-17(23)26-18(4,5)6/h7,12-14H,1,8-11,19H2,2-6H3,(H,20,23). The molecule has 8 nitrogen and oxygen atoms in total. The number of esters is 2. The summed E-state index contributed by atoms with van der Waals surface area (Å²) in [7, 11) is 0. The van der Waals surface area contributed by atoms with Crippen LogP contribution in [0.3, 0.4) is 0 Å². The summed E-state index contributed by atoms with van der Waals surface area (Å²) in [6.07, 6.45) is 1.72. The molecule has 150 valence electrons. The van der Waals surface area contributed by atoms with Crippen molar-refractivity contribution >= 4 is 18.0 Å². The summed E-state index contributed by atoms with van der Waals surface area (Å²) in [6.45, 7) is 12.0. The Morgan fingerprint density at radius 1 is 1.19 bits per heavy atom. The zero-order valence-corrected chi connectivity index (χ0v) is 16.4. The maximum absolute atomic E-state index is 12.2. The molecule has 8 heteroatoms. The van der Waals surface area contributed by atoms with Crippen LogP contribution in [0.25, 0.3) is 0 Å². The lowest BCUT2D eigenvalue weighted by molar-refractivity contribution is -0.169. The molecule has 0 bridgehead atoms. The monoisotopic (exact) mass is 372 g/mol. The SMILES string of the molecule is C=CCC(N)CC(=O)OCOC(=O)C(CC(C)C)NC(=O)OC(C)(C)C. The Kier molecular flexibility index (Phi) is 10.6. The van der Waals surface area contributed by atoms with E-state index >= 15 is 0 Å². The Balaban J connectivity index is 4.49. The van der Waals surface area contributed by atoms with E-state index in [0.29, 0.717) is 12.8 Å². The topological polar surface area (TPSA) is 117 Å². The van der Waals surface area contributed by atoms with E-state index in [1.54, 1.807) is 26.8 Å². The first-order chi connectivity index (χ1) is 11.9. The normalized spacial score (nSPS) is 13.5.